The summed E-state index contributed by atoms with van der Waals surface area (Å²) in [5.74, 6) is 0. The summed E-state index contributed by atoms with van der Waals surface area (Å²) >= 11 is 5.23. The molecule has 1 nitrogen and oxygen atoms in total. The predicted octanol–water partition coefficient (Wildman–Crippen LogP) is 2.56. The van der Waals surface area contributed by atoms with Gasteiger partial charge in [0.2, 0.25) is 0 Å². The Morgan fingerprint density at radius 2 is 1.27 bits per heavy atom. The van der Waals surface area contributed by atoms with Gasteiger partial charge >= 0.3 is 0 Å². The molecule has 0 saturated carbocycles. The lowest BCUT2D eigenvalue weighted by atomic mass is 10.0. The average Bonchev–Trinajstić information content (AvgIpc) is 1.97. The smallest absolute Gasteiger partial charge is 0.0471 e. The van der Waals surface area contributed by atoms with Gasteiger partial charge in [-0.3, -0.25) is 5.32 Å². The molecule has 0 aromatic carbocycles. The number of hydrogen-bond donors (Lipinski definition) is 0. The zero-order valence-corrected chi connectivity index (χ0v) is 8.17. The van der Waals surface area contributed by atoms with Gasteiger partial charge in [0.05, 0.1) is 0 Å². The zero-order valence-electron chi connectivity index (χ0n) is 7.36. The highest BCUT2D eigenvalue weighted by Gasteiger charge is 2.15. The molecule has 0 N–H and O–H groups in total. The Morgan fingerprint density at radius 3 is 1.64 bits per heavy atom. The molecule has 0 unspecified atom stereocenters. The summed E-state index contributed by atoms with van der Waals surface area (Å²) < 4.78 is 0. The van der Waals surface area contributed by atoms with E-state index in [1.165, 1.54) is 0 Å². The maximum atomic E-state index is 5.23. The number of allylic oxidation sites excluding steroid dienone is 4. The number of nitrogens with zero attached hydrogens (tertiary/aromatic N) is 1. The molecular formula is C9H12NS. The Hall–Kier alpha value is -0.630. The van der Waals surface area contributed by atoms with Crippen molar-refractivity contribution in [3.63, 3.8) is 0 Å². The minimum absolute atomic E-state index is 0.968. The first-order valence-corrected chi connectivity index (χ1v) is 4.06. The van der Waals surface area contributed by atoms with Crippen LogP contribution in [-0.4, -0.2) is 4.86 Å². The fraction of sp³-hybridized carbons (Fsp3) is 0.444. The standard InChI is InChI=1S/C9H12NS/c1-5-7(3)10-8(4)6(2)9(5)11/h1-4H3. The molecule has 0 fully saturated rings. The highest BCUT2D eigenvalue weighted by atomic mass is 32.1. The van der Waals surface area contributed by atoms with Crippen molar-refractivity contribution in [2.24, 2.45) is 0 Å². The van der Waals surface area contributed by atoms with Crippen LogP contribution in [0.1, 0.15) is 27.7 Å². The molecule has 0 atom stereocenters. The first-order chi connectivity index (χ1) is 5.04. The van der Waals surface area contributed by atoms with E-state index in [4.69, 9.17) is 12.2 Å². The SMILES string of the molecule is CC1=C(C)C(=S)C(C)=C(C)[N]1. The maximum absolute atomic E-state index is 5.23. The van der Waals surface area contributed by atoms with E-state index < -0.39 is 0 Å². The molecule has 1 aliphatic heterocycles. The highest BCUT2D eigenvalue weighted by molar-refractivity contribution is 7.81. The van der Waals surface area contributed by atoms with Crippen molar-refractivity contribution in [3.8, 4) is 0 Å². The van der Waals surface area contributed by atoms with Crippen LogP contribution in [0, 0.1) is 0 Å². The average molecular weight is 166 g/mol. The third kappa shape index (κ3) is 1.36. The van der Waals surface area contributed by atoms with Crippen molar-refractivity contribution in [2.75, 3.05) is 0 Å². The maximum Gasteiger partial charge on any atom is 0.0471 e. The zero-order chi connectivity index (χ0) is 8.59. The molecule has 0 aromatic rings. The van der Waals surface area contributed by atoms with Crippen LogP contribution in [0.25, 0.3) is 0 Å². The van der Waals surface area contributed by atoms with Crippen LogP contribution >= 0.6 is 12.2 Å². The van der Waals surface area contributed by atoms with Crippen molar-refractivity contribution < 1.29 is 0 Å². The van der Waals surface area contributed by atoms with Gasteiger partial charge < -0.3 is 0 Å². The quantitative estimate of drug-likeness (QED) is 0.504. The number of rotatable bonds is 0. The number of hydrogen-bond acceptors (Lipinski definition) is 1. The second-order valence-corrected chi connectivity index (χ2v) is 3.27. The van der Waals surface area contributed by atoms with Crippen LogP contribution < -0.4 is 5.32 Å². The molecule has 1 rings (SSSR count). The van der Waals surface area contributed by atoms with Crippen molar-refractivity contribution in [1.82, 2.24) is 5.32 Å². The monoisotopic (exact) mass is 166 g/mol. The van der Waals surface area contributed by atoms with Gasteiger partial charge in [-0.1, -0.05) is 12.2 Å². The largest absolute Gasteiger partial charge is 0.258 e. The highest BCUT2D eigenvalue weighted by Crippen LogP contribution is 2.20. The molecule has 1 heterocycles. The van der Waals surface area contributed by atoms with E-state index in [-0.39, 0.29) is 0 Å². The topological polar surface area (TPSA) is 14.1 Å². The summed E-state index contributed by atoms with van der Waals surface area (Å²) in [5.41, 5.74) is 4.39. The fourth-order valence-electron chi connectivity index (χ4n) is 1.03. The van der Waals surface area contributed by atoms with Gasteiger partial charge in [-0.25, -0.2) is 0 Å². The summed E-state index contributed by atoms with van der Waals surface area (Å²) in [5, 5.41) is 4.37. The first kappa shape index (κ1) is 8.47. The minimum atomic E-state index is 0.968. The van der Waals surface area contributed by atoms with Gasteiger partial charge in [0.25, 0.3) is 0 Å². The minimum Gasteiger partial charge on any atom is -0.258 e. The van der Waals surface area contributed by atoms with E-state index >= 15 is 0 Å². The Kier molecular flexibility index (Phi) is 2.14. The third-order valence-corrected chi connectivity index (χ3v) is 2.71. The Morgan fingerprint density at radius 1 is 0.909 bits per heavy atom. The fourth-order valence-corrected chi connectivity index (χ4v) is 1.32. The molecule has 11 heavy (non-hydrogen) atoms. The molecule has 0 spiro atoms. The Labute approximate surface area is 73.2 Å². The normalized spacial score (nSPS) is 19.1. The summed E-state index contributed by atoms with van der Waals surface area (Å²) in [6.07, 6.45) is 0. The van der Waals surface area contributed by atoms with Crippen LogP contribution in [0.4, 0.5) is 0 Å². The van der Waals surface area contributed by atoms with Crippen molar-refractivity contribution in [2.45, 2.75) is 27.7 Å². The molecule has 0 bridgehead atoms. The first-order valence-electron chi connectivity index (χ1n) is 3.65. The van der Waals surface area contributed by atoms with Crippen molar-refractivity contribution in [1.29, 1.82) is 0 Å². The molecular weight excluding hydrogens is 154 g/mol. The van der Waals surface area contributed by atoms with Gasteiger partial charge in [0.1, 0.15) is 0 Å². The van der Waals surface area contributed by atoms with Gasteiger partial charge in [-0.2, -0.15) is 0 Å². The lowest BCUT2D eigenvalue weighted by Crippen LogP contribution is -2.16. The number of thiocarbonyl (C=S) groups is 1. The predicted molar refractivity (Wildman–Crippen MR) is 51.5 cm³/mol. The van der Waals surface area contributed by atoms with E-state index in [9.17, 15) is 0 Å². The molecule has 1 radical (unpaired) electrons. The lowest BCUT2D eigenvalue weighted by Gasteiger charge is -2.18. The summed E-state index contributed by atoms with van der Waals surface area (Å²) in [4.78, 5) is 0.968. The van der Waals surface area contributed by atoms with E-state index in [0.29, 0.717) is 0 Å². The van der Waals surface area contributed by atoms with Crippen LogP contribution in [0.3, 0.4) is 0 Å². The van der Waals surface area contributed by atoms with Gasteiger partial charge in [-0.15, -0.1) is 0 Å². The molecule has 0 amide bonds. The van der Waals surface area contributed by atoms with Crippen LogP contribution in [0.15, 0.2) is 22.5 Å². The van der Waals surface area contributed by atoms with Crippen molar-refractivity contribution >= 4 is 17.1 Å². The van der Waals surface area contributed by atoms with Crippen LogP contribution in [0.5, 0.6) is 0 Å². The molecule has 0 saturated heterocycles. The van der Waals surface area contributed by atoms with E-state index in [2.05, 4.69) is 5.32 Å². The Bertz CT molecular complexity index is 245. The lowest BCUT2D eigenvalue weighted by molar-refractivity contribution is 0.912. The van der Waals surface area contributed by atoms with Crippen LogP contribution in [-0.2, 0) is 0 Å². The third-order valence-electron chi connectivity index (χ3n) is 2.10. The van der Waals surface area contributed by atoms with E-state index in [0.717, 1.165) is 27.4 Å². The summed E-state index contributed by atoms with van der Waals surface area (Å²) in [7, 11) is 0. The molecule has 2 heteroatoms. The molecule has 59 valence electrons. The van der Waals surface area contributed by atoms with Gasteiger partial charge in [-0.05, 0) is 38.8 Å². The van der Waals surface area contributed by atoms with Gasteiger partial charge in [0.15, 0.2) is 0 Å². The molecule has 1 aliphatic rings. The van der Waals surface area contributed by atoms with E-state index in [1.807, 2.05) is 27.7 Å². The second kappa shape index (κ2) is 2.78. The molecule has 0 aliphatic carbocycles. The molecule has 0 aromatic heterocycles. The van der Waals surface area contributed by atoms with E-state index in [1.54, 1.807) is 0 Å². The van der Waals surface area contributed by atoms with Gasteiger partial charge in [0, 0.05) is 16.3 Å². The summed E-state index contributed by atoms with van der Waals surface area (Å²) in [6, 6.07) is 0. The van der Waals surface area contributed by atoms with Crippen molar-refractivity contribution in [3.05, 3.63) is 22.5 Å². The van der Waals surface area contributed by atoms with Crippen LogP contribution in [0.2, 0.25) is 0 Å². The summed E-state index contributed by atoms with van der Waals surface area (Å²) in [6.45, 7) is 8.04. The second-order valence-electron chi connectivity index (χ2n) is 2.86. The Balaban J connectivity index is 3.09.